The van der Waals surface area contributed by atoms with Crippen LogP contribution in [0.3, 0.4) is 0 Å². The van der Waals surface area contributed by atoms with Crippen LogP contribution in [-0.2, 0) is 14.3 Å². The van der Waals surface area contributed by atoms with Crippen LogP contribution in [0, 0.1) is 0 Å². The van der Waals surface area contributed by atoms with Crippen molar-refractivity contribution in [1.29, 1.82) is 0 Å². The van der Waals surface area contributed by atoms with Crippen molar-refractivity contribution in [3.8, 4) is 5.75 Å². The summed E-state index contributed by atoms with van der Waals surface area (Å²) in [6, 6.07) is 5.01. The number of alkyl halides is 3. The summed E-state index contributed by atoms with van der Waals surface area (Å²) in [5.41, 5.74) is 0.663. The van der Waals surface area contributed by atoms with Gasteiger partial charge in [-0.25, -0.2) is 0 Å². The van der Waals surface area contributed by atoms with E-state index in [2.05, 4.69) is 10.1 Å². The van der Waals surface area contributed by atoms with Gasteiger partial charge in [-0.1, -0.05) is 12.1 Å². The fraction of sp³-hybridized carbons (Fsp3) is 0.611. The maximum atomic E-state index is 12.2. The summed E-state index contributed by atoms with van der Waals surface area (Å²) in [6.45, 7) is 4.49. The second kappa shape index (κ2) is 9.23. The maximum Gasteiger partial charge on any atom is 0.573 e. The van der Waals surface area contributed by atoms with Crippen LogP contribution < -0.4 is 10.1 Å². The topological polar surface area (TPSA) is 56.8 Å². The van der Waals surface area contributed by atoms with Crippen molar-refractivity contribution < 1.29 is 32.2 Å². The fourth-order valence-corrected chi connectivity index (χ4v) is 2.64. The molecule has 0 bridgehead atoms. The number of nitrogens with one attached hydrogen (secondary N) is 1. The van der Waals surface area contributed by atoms with Crippen molar-refractivity contribution in [3.05, 3.63) is 29.8 Å². The third kappa shape index (κ3) is 6.84. The van der Waals surface area contributed by atoms with Gasteiger partial charge in [-0.05, 0) is 50.8 Å². The minimum atomic E-state index is -4.73. The van der Waals surface area contributed by atoms with E-state index in [0.717, 1.165) is 25.9 Å². The Bertz CT molecular complexity index is 571. The molecule has 1 fully saturated rings. The molecule has 1 aliphatic rings. The van der Waals surface area contributed by atoms with Crippen LogP contribution in [0.25, 0.3) is 0 Å². The Labute approximate surface area is 150 Å². The lowest BCUT2D eigenvalue weighted by Crippen LogP contribution is -2.38. The Morgan fingerprint density at radius 2 is 1.96 bits per heavy atom. The fourth-order valence-electron chi connectivity index (χ4n) is 2.64. The zero-order valence-corrected chi connectivity index (χ0v) is 14.8. The van der Waals surface area contributed by atoms with Crippen LogP contribution in [0.15, 0.2) is 24.3 Å². The predicted molar refractivity (Wildman–Crippen MR) is 88.7 cm³/mol. The molecule has 26 heavy (non-hydrogen) atoms. The summed E-state index contributed by atoms with van der Waals surface area (Å²) in [4.78, 5) is 12.2. The highest BCUT2D eigenvalue weighted by Gasteiger charge is 2.31. The summed E-state index contributed by atoms with van der Waals surface area (Å²) in [5, 5.41) is 2.78. The molecule has 0 radical (unpaired) electrons. The van der Waals surface area contributed by atoms with E-state index in [1.54, 1.807) is 13.8 Å². The number of halogens is 3. The first-order chi connectivity index (χ1) is 12.2. The number of rotatable bonds is 7. The van der Waals surface area contributed by atoms with E-state index in [9.17, 15) is 18.0 Å². The van der Waals surface area contributed by atoms with Crippen LogP contribution in [-0.4, -0.2) is 37.7 Å². The molecule has 5 nitrogen and oxygen atoms in total. The average Bonchev–Trinajstić information content (AvgIpc) is 2.59. The number of carbonyl (C=O) groups is 1. The van der Waals surface area contributed by atoms with Gasteiger partial charge in [-0.3, -0.25) is 4.79 Å². The van der Waals surface area contributed by atoms with Crippen LogP contribution in [0.2, 0.25) is 0 Å². The Balaban J connectivity index is 1.79. The number of hydrogen-bond acceptors (Lipinski definition) is 4. The molecule has 146 valence electrons. The number of ether oxygens (including phenoxy) is 3. The van der Waals surface area contributed by atoms with Gasteiger partial charge in [0.15, 0.2) is 0 Å². The minimum Gasteiger partial charge on any atom is -0.406 e. The average molecular weight is 375 g/mol. The van der Waals surface area contributed by atoms with Crippen molar-refractivity contribution in [1.82, 2.24) is 5.32 Å². The lowest BCUT2D eigenvalue weighted by Gasteiger charge is -2.24. The summed E-state index contributed by atoms with van der Waals surface area (Å²) in [7, 11) is 0. The maximum absolute atomic E-state index is 12.2. The van der Waals surface area contributed by atoms with E-state index in [0.29, 0.717) is 12.2 Å². The second-order valence-corrected chi connectivity index (χ2v) is 6.31. The van der Waals surface area contributed by atoms with Gasteiger partial charge in [-0.2, -0.15) is 0 Å². The molecule has 1 N–H and O–H groups in total. The van der Waals surface area contributed by atoms with E-state index in [4.69, 9.17) is 9.47 Å². The van der Waals surface area contributed by atoms with Crippen molar-refractivity contribution >= 4 is 5.91 Å². The Hall–Kier alpha value is -1.80. The molecule has 0 saturated carbocycles. The smallest absolute Gasteiger partial charge is 0.406 e. The number of carbonyl (C=O) groups excluding carboxylic acids is 1. The van der Waals surface area contributed by atoms with Crippen molar-refractivity contribution in [2.75, 3.05) is 13.2 Å². The Morgan fingerprint density at radius 3 is 2.54 bits per heavy atom. The predicted octanol–water partition coefficient (Wildman–Crippen LogP) is 3.74. The minimum absolute atomic E-state index is 0.0256. The van der Waals surface area contributed by atoms with Crippen molar-refractivity contribution in [2.45, 2.75) is 57.7 Å². The third-order valence-corrected chi connectivity index (χ3v) is 4.15. The van der Waals surface area contributed by atoms with Gasteiger partial charge in [0.25, 0.3) is 0 Å². The standard InChI is InChI=1S/C18H24F3NO4/c1-12(14-6-8-15(9-7-14)26-18(19,20)21)22-17(23)13(2)25-11-16-5-3-4-10-24-16/h6-9,12-13,16H,3-5,10-11H2,1-2H3,(H,22,23). The molecule has 8 heteroatoms. The first kappa shape index (κ1) is 20.5. The molecule has 2 rings (SSSR count). The highest BCUT2D eigenvalue weighted by Crippen LogP contribution is 2.24. The first-order valence-electron chi connectivity index (χ1n) is 8.64. The third-order valence-electron chi connectivity index (χ3n) is 4.15. The normalized spacial score (nSPS) is 20.3. The zero-order chi connectivity index (χ0) is 19.2. The summed E-state index contributed by atoms with van der Waals surface area (Å²) < 4.78 is 51.5. The summed E-state index contributed by atoms with van der Waals surface area (Å²) in [5.74, 6) is -0.590. The number of hydrogen-bond donors (Lipinski definition) is 1. The van der Waals surface area contributed by atoms with E-state index in [1.165, 1.54) is 24.3 Å². The van der Waals surface area contributed by atoms with Gasteiger partial charge in [-0.15, -0.1) is 13.2 Å². The monoisotopic (exact) mass is 375 g/mol. The largest absolute Gasteiger partial charge is 0.573 e. The van der Waals surface area contributed by atoms with Crippen LogP contribution in [0.1, 0.15) is 44.7 Å². The van der Waals surface area contributed by atoms with Gasteiger partial charge in [0.2, 0.25) is 5.91 Å². The molecule has 3 atom stereocenters. The highest BCUT2D eigenvalue weighted by atomic mass is 19.4. The molecule has 0 aromatic heterocycles. The molecule has 1 aliphatic heterocycles. The Kier molecular flexibility index (Phi) is 7.28. The SMILES string of the molecule is CC(OCC1CCCCO1)C(=O)NC(C)c1ccc(OC(F)(F)F)cc1. The van der Waals surface area contributed by atoms with E-state index in [1.807, 2.05) is 0 Å². The Morgan fingerprint density at radius 1 is 1.27 bits per heavy atom. The lowest BCUT2D eigenvalue weighted by molar-refractivity contribution is -0.274. The molecule has 1 aromatic carbocycles. The summed E-state index contributed by atoms with van der Waals surface area (Å²) >= 11 is 0. The molecular weight excluding hydrogens is 351 g/mol. The lowest BCUT2D eigenvalue weighted by atomic mass is 10.1. The second-order valence-electron chi connectivity index (χ2n) is 6.31. The molecule has 1 aromatic rings. The molecular formula is C18H24F3NO4. The van der Waals surface area contributed by atoms with Gasteiger partial charge in [0, 0.05) is 6.61 Å². The quantitative estimate of drug-likeness (QED) is 0.789. The van der Waals surface area contributed by atoms with E-state index < -0.39 is 12.5 Å². The zero-order valence-electron chi connectivity index (χ0n) is 14.8. The van der Waals surface area contributed by atoms with Crippen molar-refractivity contribution in [3.63, 3.8) is 0 Å². The van der Waals surface area contributed by atoms with Gasteiger partial charge in [0.1, 0.15) is 11.9 Å². The number of amides is 1. The van der Waals surface area contributed by atoms with Gasteiger partial charge < -0.3 is 19.5 Å². The highest BCUT2D eigenvalue weighted by molar-refractivity contribution is 5.80. The van der Waals surface area contributed by atoms with E-state index >= 15 is 0 Å². The van der Waals surface area contributed by atoms with Crippen LogP contribution >= 0.6 is 0 Å². The molecule has 1 amide bonds. The van der Waals surface area contributed by atoms with Crippen molar-refractivity contribution in [2.24, 2.45) is 0 Å². The van der Waals surface area contributed by atoms with Crippen LogP contribution in [0.5, 0.6) is 5.75 Å². The van der Waals surface area contributed by atoms with E-state index in [-0.39, 0.29) is 23.8 Å². The van der Waals surface area contributed by atoms with Crippen LogP contribution in [0.4, 0.5) is 13.2 Å². The first-order valence-corrected chi connectivity index (χ1v) is 8.64. The molecule has 0 aliphatic carbocycles. The molecule has 0 spiro atoms. The molecule has 1 heterocycles. The molecule has 3 unspecified atom stereocenters. The van der Waals surface area contributed by atoms with Gasteiger partial charge in [0.05, 0.1) is 18.8 Å². The van der Waals surface area contributed by atoms with Gasteiger partial charge >= 0.3 is 6.36 Å². The molecule has 1 saturated heterocycles. The summed E-state index contributed by atoms with van der Waals surface area (Å²) in [6.07, 6.45) is -2.27. The number of benzene rings is 1.